The van der Waals surface area contributed by atoms with Gasteiger partial charge in [-0.25, -0.2) is 0 Å². The molecule has 0 aliphatic rings. The minimum absolute atomic E-state index is 0.266. The Morgan fingerprint density at radius 3 is 1.58 bits per heavy atom. The van der Waals surface area contributed by atoms with Gasteiger partial charge in [-0.2, -0.15) is 0 Å². The first kappa shape index (κ1) is 14.0. The molecule has 0 atom stereocenters. The van der Waals surface area contributed by atoms with Gasteiger partial charge in [0.2, 0.25) is 0 Å². The topological polar surface area (TPSA) is 3.24 Å². The van der Waals surface area contributed by atoms with Crippen LogP contribution in [0.1, 0.15) is 20.8 Å². The van der Waals surface area contributed by atoms with Crippen LogP contribution in [0.25, 0.3) is 0 Å². The van der Waals surface area contributed by atoms with Crippen molar-refractivity contribution >= 4 is 23.1 Å². The van der Waals surface area contributed by atoms with Crippen molar-refractivity contribution in [3.63, 3.8) is 0 Å². The third-order valence-corrected chi connectivity index (χ3v) is 4.02. The number of nitrogens with zero attached hydrogens (tertiary/aromatic N) is 1. The molecule has 2 heteroatoms. The van der Waals surface area contributed by atoms with E-state index in [2.05, 4.69) is 86.3 Å². The number of anilines is 2. The van der Waals surface area contributed by atoms with Crippen molar-refractivity contribution in [2.75, 3.05) is 10.8 Å². The molecule has 2 rings (SSSR count). The lowest BCUT2D eigenvalue weighted by Crippen LogP contribution is -2.20. The van der Waals surface area contributed by atoms with Gasteiger partial charge in [-0.15, -0.1) is 11.8 Å². The van der Waals surface area contributed by atoms with Crippen LogP contribution in [0.3, 0.4) is 0 Å². The quantitative estimate of drug-likeness (QED) is 0.693. The number of benzene rings is 2. The molecule has 0 spiro atoms. The summed E-state index contributed by atoms with van der Waals surface area (Å²) in [4.78, 5) is 2.36. The minimum atomic E-state index is 0.266. The van der Waals surface area contributed by atoms with E-state index in [9.17, 15) is 0 Å². The van der Waals surface area contributed by atoms with Crippen molar-refractivity contribution in [3.05, 3.63) is 60.7 Å². The van der Waals surface area contributed by atoms with Crippen molar-refractivity contribution in [1.29, 1.82) is 0 Å². The minimum Gasteiger partial charge on any atom is -0.332 e. The molecule has 2 aromatic rings. The molecule has 0 saturated heterocycles. The number of rotatable bonds is 4. The van der Waals surface area contributed by atoms with Gasteiger partial charge in [0.05, 0.1) is 5.88 Å². The Balaban J connectivity index is 2.24. The van der Waals surface area contributed by atoms with Crippen LogP contribution in [-0.4, -0.2) is 10.6 Å². The van der Waals surface area contributed by atoms with Crippen LogP contribution in [-0.2, 0) is 0 Å². The highest BCUT2D eigenvalue weighted by Crippen LogP contribution is 2.31. The van der Waals surface area contributed by atoms with Crippen molar-refractivity contribution in [3.8, 4) is 0 Å². The summed E-state index contributed by atoms with van der Waals surface area (Å²) < 4.78 is 0.266. The van der Waals surface area contributed by atoms with Crippen LogP contribution in [0.15, 0.2) is 60.7 Å². The van der Waals surface area contributed by atoms with E-state index >= 15 is 0 Å². The summed E-state index contributed by atoms with van der Waals surface area (Å²) in [5.74, 6) is 0.956. The first-order chi connectivity index (χ1) is 9.06. The van der Waals surface area contributed by atoms with E-state index in [4.69, 9.17) is 0 Å². The highest BCUT2D eigenvalue weighted by Gasteiger charge is 2.15. The van der Waals surface area contributed by atoms with E-state index in [-0.39, 0.29) is 4.75 Å². The average molecular weight is 271 g/mol. The Kier molecular flexibility index (Phi) is 4.54. The Morgan fingerprint density at radius 2 is 1.21 bits per heavy atom. The van der Waals surface area contributed by atoms with Gasteiger partial charge in [0.25, 0.3) is 0 Å². The van der Waals surface area contributed by atoms with E-state index in [1.165, 1.54) is 11.4 Å². The summed E-state index contributed by atoms with van der Waals surface area (Å²) in [7, 11) is 0. The molecule has 0 radical (unpaired) electrons. The zero-order valence-electron chi connectivity index (χ0n) is 11.8. The van der Waals surface area contributed by atoms with E-state index in [1.807, 2.05) is 11.8 Å². The molecule has 0 aliphatic carbocycles. The molecular weight excluding hydrogens is 250 g/mol. The van der Waals surface area contributed by atoms with E-state index in [0.717, 1.165) is 5.88 Å². The molecule has 0 heterocycles. The average Bonchev–Trinajstić information content (AvgIpc) is 2.40. The predicted octanol–water partition coefficient (Wildman–Crippen LogP) is 5.31. The maximum absolute atomic E-state index is 2.36. The fourth-order valence-corrected chi connectivity index (χ4v) is 2.59. The summed E-state index contributed by atoms with van der Waals surface area (Å²) in [6.07, 6.45) is 0. The molecular formula is C17H21NS. The molecule has 0 saturated carbocycles. The SMILES string of the molecule is CC(C)(C)SCN(c1ccccc1)c1ccccc1. The van der Waals surface area contributed by atoms with Gasteiger partial charge in [-0.3, -0.25) is 0 Å². The first-order valence-corrected chi connectivity index (χ1v) is 7.56. The van der Waals surface area contributed by atoms with E-state index < -0.39 is 0 Å². The second kappa shape index (κ2) is 6.16. The molecule has 0 bridgehead atoms. The van der Waals surface area contributed by atoms with E-state index in [0.29, 0.717) is 0 Å². The molecule has 19 heavy (non-hydrogen) atoms. The van der Waals surface area contributed by atoms with Crippen molar-refractivity contribution < 1.29 is 0 Å². The van der Waals surface area contributed by atoms with Crippen LogP contribution in [0, 0.1) is 0 Å². The summed E-state index contributed by atoms with van der Waals surface area (Å²) in [6.45, 7) is 6.77. The smallest absolute Gasteiger partial charge is 0.0693 e. The molecule has 0 N–H and O–H groups in total. The Hall–Kier alpha value is -1.41. The number of hydrogen-bond donors (Lipinski definition) is 0. The summed E-state index contributed by atoms with van der Waals surface area (Å²) >= 11 is 1.96. The lowest BCUT2D eigenvalue weighted by Gasteiger charge is -2.28. The zero-order valence-corrected chi connectivity index (χ0v) is 12.7. The Labute approximate surface area is 120 Å². The van der Waals surface area contributed by atoms with Gasteiger partial charge >= 0.3 is 0 Å². The fourth-order valence-electron chi connectivity index (χ4n) is 1.77. The molecule has 1 nitrogen and oxygen atoms in total. The second-order valence-electron chi connectivity index (χ2n) is 5.48. The summed E-state index contributed by atoms with van der Waals surface area (Å²) in [5, 5.41) is 0. The monoisotopic (exact) mass is 271 g/mol. The largest absolute Gasteiger partial charge is 0.332 e. The maximum Gasteiger partial charge on any atom is 0.0693 e. The van der Waals surface area contributed by atoms with Crippen LogP contribution < -0.4 is 4.90 Å². The lowest BCUT2D eigenvalue weighted by atomic mass is 10.2. The molecule has 0 fully saturated rings. The maximum atomic E-state index is 2.36. The van der Waals surface area contributed by atoms with Crippen LogP contribution in [0.5, 0.6) is 0 Å². The predicted molar refractivity (Wildman–Crippen MR) is 87.2 cm³/mol. The third kappa shape index (κ3) is 4.32. The number of thioether (sulfide) groups is 1. The van der Waals surface area contributed by atoms with Crippen molar-refractivity contribution in [1.82, 2.24) is 0 Å². The van der Waals surface area contributed by atoms with Gasteiger partial charge in [-0.1, -0.05) is 57.2 Å². The highest BCUT2D eigenvalue weighted by molar-refractivity contribution is 8.00. The van der Waals surface area contributed by atoms with Crippen molar-refractivity contribution in [2.24, 2.45) is 0 Å². The standard InChI is InChI=1S/C17H21NS/c1-17(2,3)19-14-18(15-10-6-4-7-11-15)16-12-8-5-9-13-16/h4-13H,14H2,1-3H3. The Bertz CT molecular complexity index is 448. The normalized spacial score (nSPS) is 11.3. The number of para-hydroxylation sites is 2. The molecule has 100 valence electrons. The van der Waals surface area contributed by atoms with Crippen molar-refractivity contribution in [2.45, 2.75) is 25.5 Å². The summed E-state index contributed by atoms with van der Waals surface area (Å²) in [6, 6.07) is 21.1. The van der Waals surface area contributed by atoms with Crippen LogP contribution in [0.4, 0.5) is 11.4 Å². The zero-order chi connectivity index (χ0) is 13.7. The molecule has 0 amide bonds. The lowest BCUT2D eigenvalue weighted by molar-refractivity contribution is 0.802. The van der Waals surface area contributed by atoms with Crippen LogP contribution in [0.2, 0.25) is 0 Å². The molecule has 2 aromatic carbocycles. The highest BCUT2D eigenvalue weighted by atomic mass is 32.2. The fraction of sp³-hybridized carbons (Fsp3) is 0.294. The molecule has 0 aromatic heterocycles. The second-order valence-corrected chi connectivity index (χ2v) is 7.26. The number of hydrogen-bond acceptors (Lipinski definition) is 2. The van der Waals surface area contributed by atoms with Gasteiger partial charge < -0.3 is 4.90 Å². The molecule has 0 aliphatic heterocycles. The first-order valence-electron chi connectivity index (χ1n) is 6.58. The Morgan fingerprint density at radius 1 is 0.789 bits per heavy atom. The van der Waals surface area contributed by atoms with Gasteiger partial charge in [0, 0.05) is 16.1 Å². The molecule has 0 unspecified atom stereocenters. The van der Waals surface area contributed by atoms with Crippen LogP contribution >= 0.6 is 11.8 Å². The van der Waals surface area contributed by atoms with Gasteiger partial charge in [0.1, 0.15) is 0 Å². The van der Waals surface area contributed by atoms with Gasteiger partial charge in [-0.05, 0) is 24.3 Å². The summed E-state index contributed by atoms with van der Waals surface area (Å²) in [5.41, 5.74) is 2.48. The van der Waals surface area contributed by atoms with E-state index in [1.54, 1.807) is 0 Å². The van der Waals surface area contributed by atoms with Gasteiger partial charge in [0.15, 0.2) is 0 Å². The third-order valence-electron chi connectivity index (χ3n) is 2.76.